The monoisotopic (exact) mass is 672 g/mol. The van der Waals surface area contributed by atoms with Crippen LogP contribution in [0.2, 0.25) is 0 Å². The molecule has 3 heterocycles. The van der Waals surface area contributed by atoms with Gasteiger partial charge < -0.3 is 33.5 Å². The van der Waals surface area contributed by atoms with Gasteiger partial charge in [-0.3, -0.25) is 24.0 Å². The number of carbonyl (C=O) groups is 6. The second kappa shape index (κ2) is 9.25. The summed E-state index contributed by atoms with van der Waals surface area (Å²) in [7, 11) is 0. The first-order valence-electron chi connectivity index (χ1n) is 17.1. The first-order valence-corrected chi connectivity index (χ1v) is 17.1. The van der Waals surface area contributed by atoms with E-state index in [1.54, 1.807) is 6.92 Å². The van der Waals surface area contributed by atoms with Crippen molar-refractivity contribution in [1.82, 2.24) is 0 Å². The lowest BCUT2D eigenvalue weighted by Gasteiger charge is -2.64. The number of hydrogen-bond donors (Lipinski definition) is 1. The van der Waals surface area contributed by atoms with Crippen LogP contribution in [0.4, 0.5) is 0 Å². The van der Waals surface area contributed by atoms with Crippen molar-refractivity contribution in [2.75, 3.05) is 0 Å². The molecule has 19 atom stereocenters. The fourth-order valence-corrected chi connectivity index (χ4v) is 13.2. The van der Waals surface area contributed by atoms with Crippen LogP contribution in [0.5, 0.6) is 0 Å². The third kappa shape index (κ3) is 3.35. The van der Waals surface area contributed by atoms with Crippen LogP contribution in [0.25, 0.3) is 0 Å². The van der Waals surface area contributed by atoms with E-state index in [0.717, 1.165) is 0 Å². The number of carbonyl (C=O) groups excluding carboxylic acids is 6. The molecule has 5 aliphatic carbocycles. The molecule has 8 fully saturated rings. The summed E-state index contributed by atoms with van der Waals surface area (Å²) in [6.45, 7) is 14.6. The van der Waals surface area contributed by atoms with E-state index in [9.17, 15) is 33.9 Å². The van der Waals surface area contributed by atoms with Gasteiger partial charge in [0.15, 0.2) is 5.60 Å². The lowest BCUT2D eigenvalue weighted by molar-refractivity contribution is -0.233. The Morgan fingerprint density at radius 3 is 1.98 bits per heavy atom. The number of epoxide rings is 2. The van der Waals surface area contributed by atoms with Gasteiger partial charge in [-0.15, -0.1) is 0 Å². The number of fused-ring (bicyclic) bond motifs is 9. The second-order valence-electron chi connectivity index (χ2n) is 16.7. The van der Waals surface area contributed by atoms with Crippen molar-refractivity contribution in [3.8, 4) is 0 Å². The van der Waals surface area contributed by atoms with Gasteiger partial charge in [0, 0.05) is 55.3 Å². The summed E-state index contributed by atoms with van der Waals surface area (Å²) in [6, 6.07) is 0. The van der Waals surface area contributed by atoms with Crippen LogP contribution in [0, 0.1) is 63.6 Å². The van der Waals surface area contributed by atoms with Gasteiger partial charge in [-0.25, -0.2) is 4.79 Å². The number of ether oxygens (including phenoxy) is 6. The molecule has 0 radical (unpaired) electrons. The topological polar surface area (TPSA) is 185 Å². The average molecular weight is 673 g/mol. The van der Waals surface area contributed by atoms with Crippen molar-refractivity contribution >= 4 is 35.4 Å². The molecular weight excluding hydrogens is 628 g/mol. The van der Waals surface area contributed by atoms with Crippen molar-refractivity contribution in [3.05, 3.63) is 0 Å². The number of Topliss-reactive ketones (excluding diaryl/α,β-unsaturated/α-hetero) is 2. The molecule has 262 valence electrons. The van der Waals surface area contributed by atoms with Gasteiger partial charge >= 0.3 is 23.9 Å². The molecule has 8 rings (SSSR count). The van der Waals surface area contributed by atoms with Gasteiger partial charge in [-0.1, -0.05) is 27.7 Å². The van der Waals surface area contributed by atoms with E-state index in [2.05, 4.69) is 0 Å². The SMILES string of the molecule is CC(=O)O[C@@H]1[C@H]2[C@@H]3C(=O)C(=O)[C@H]4C[C@@H]5O[C@@H]5[C@H](OC(C)=O)[C@]4(C)[C@H]3[C@H](C)[C@H](OC(C)=O)[C@]2(C)[C@H]2[C@H](C)[C@@H]3O[C@]34OC(=O)[C@@](C)(O)[C@]4(C)[C@H]12. The Balaban J connectivity index is 1.39. The average Bonchev–Trinajstić information content (AvgIpc) is 3.88. The molecule has 0 unspecified atom stereocenters. The lowest BCUT2D eigenvalue weighted by Crippen LogP contribution is -2.71. The van der Waals surface area contributed by atoms with Crippen LogP contribution in [-0.2, 0) is 57.2 Å². The van der Waals surface area contributed by atoms with Gasteiger partial charge in [0.05, 0.1) is 11.5 Å². The summed E-state index contributed by atoms with van der Waals surface area (Å²) in [6.07, 6.45) is -3.97. The number of esters is 4. The Morgan fingerprint density at radius 1 is 0.771 bits per heavy atom. The van der Waals surface area contributed by atoms with Gasteiger partial charge in [0.2, 0.25) is 17.4 Å². The summed E-state index contributed by atoms with van der Waals surface area (Å²) < 4.78 is 36.5. The maximum absolute atomic E-state index is 14.7. The lowest BCUT2D eigenvalue weighted by atomic mass is 9.40. The summed E-state index contributed by atoms with van der Waals surface area (Å²) in [5.41, 5.74) is -5.77. The highest BCUT2D eigenvalue weighted by molar-refractivity contribution is 6.40. The third-order valence-corrected chi connectivity index (χ3v) is 14.9. The zero-order valence-electron chi connectivity index (χ0n) is 28.6. The molecule has 13 heteroatoms. The Kier molecular flexibility index (Phi) is 6.23. The minimum absolute atomic E-state index is 0.289. The Hall–Kier alpha value is -2.90. The smallest absolute Gasteiger partial charge is 0.341 e. The number of aliphatic hydroxyl groups is 1. The highest BCUT2D eigenvalue weighted by Gasteiger charge is 2.93. The number of rotatable bonds is 3. The Labute approximate surface area is 278 Å². The summed E-state index contributed by atoms with van der Waals surface area (Å²) in [5.74, 6) is -11.0. The summed E-state index contributed by atoms with van der Waals surface area (Å²) in [5, 5.41) is 12.0. The van der Waals surface area contributed by atoms with Crippen LogP contribution in [0.1, 0.15) is 68.7 Å². The summed E-state index contributed by atoms with van der Waals surface area (Å²) >= 11 is 0. The molecule has 1 spiro atoms. The molecule has 0 aromatic carbocycles. The van der Waals surface area contributed by atoms with E-state index in [1.165, 1.54) is 27.7 Å². The second-order valence-corrected chi connectivity index (χ2v) is 16.7. The normalized spacial score (nSPS) is 58.1. The van der Waals surface area contributed by atoms with E-state index < -0.39 is 135 Å². The number of hydrogen-bond acceptors (Lipinski definition) is 13. The first-order chi connectivity index (χ1) is 22.2. The Bertz CT molecular complexity index is 1590. The number of ketones is 2. The standard InChI is InChI=1S/C35H44O13/c1-11-19-18(24(40)23(39)16-10-17-25(46-17)29(31(16,19)6)45-15(5)38)21-26(43-13(3)36)22-20(32(21,7)27(11)44-14(4)37)12(2)28-35(47-28)33(22,8)34(9,42)30(41)48-35/h11-12,16-22,25-29,42H,10H2,1-9H3/t11-,12-,16+,17-,18+,19-,20-,21+,22-,25-,26+,27-,28-,29-,31-,32+,33-,34+,35-/m0/s1. The molecule has 48 heavy (non-hydrogen) atoms. The fraction of sp³-hybridized carbons (Fsp3) is 0.829. The van der Waals surface area contributed by atoms with E-state index in [4.69, 9.17) is 28.4 Å². The van der Waals surface area contributed by atoms with Crippen molar-refractivity contribution in [1.29, 1.82) is 0 Å². The van der Waals surface area contributed by atoms with Gasteiger partial charge in [-0.2, -0.15) is 0 Å². The highest BCUT2D eigenvalue weighted by atomic mass is 16.8. The van der Waals surface area contributed by atoms with E-state index in [0.29, 0.717) is 0 Å². The maximum atomic E-state index is 14.7. The quantitative estimate of drug-likeness (QED) is 0.197. The molecular formula is C35H44O13. The molecule has 3 saturated heterocycles. The Morgan fingerprint density at radius 2 is 1.38 bits per heavy atom. The molecule has 0 aromatic heterocycles. The first kappa shape index (κ1) is 32.3. The van der Waals surface area contributed by atoms with E-state index in [1.807, 2.05) is 27.7 Å². The molecule has 3 aliphatic heterocycles. The predicted molar refractivity (Wildman–Crippen MR) is 158 cm³/mol. The molecule has 0 bridgehead atoms. The van der Waals surface area contributed by atoms with E-state index >= 15 is 0 Å². The highest BCUT2D eigenvalue weighted by Crippen LogP contribution is 2.81. The van der Waals surface area contributed by atoms with Gasteiger partial charge in [0.1, 0.15) is 30.5 Å². The van der Waals surface area contributed by atoms with Crippen LogP contribution in [-0.4, -0.2) is 88.6 Å². The van der Waals surface area contributed by atoms with Crippen LogP contribution in [0.3, 0.4) is 0 Å². The van der Waals surface area contributed by atoms with Crippen molar-refractivity contribution in [2.45, 2.75) is 117 Å². The van der Waals surface area contributed by atoms with Crippen LogP contribution >= 0.6 is 0 Å². The minimum Gasteiger partial charge on any atom is -0.462 e. The minimum atomic E-state index is -2.08. The van der Waals surface area contributed by atoms with Crippen molar-refractivity contribution < 1.29 is 62.3 Å². The molecule has 0 amide bonds. The van der Waals surface area contributed by atoms with Crippen LogP contribution < -0.4 is 0 Å². The largest absolute Gasteiger partial charge is 0.462 e. The zero-order valence-corrected chi connectivity index (χ0v) is 28.6. The zero-order chi connectivity index (χ0) is 35.0. The van der Waals surface area contributed by atoms with Crippen molar-refractivity contribution in [2.24, 2.45) is 63.6 Å². The molecule has 0 aromatic rings. The molecule has 13 nitrogen and oxygen atoms in total. The van der Waals surface area contributed by atoms with Gasteiger partial charge in [-0.05, 0) is 43.9 Å². The third-order valence-electron chi connectivity index (χ3n) is 14.9. The molecule has 5 saturated carbocycles. The van der Waals surface area contributed by atoms with Crippen LogP contribution in [0.15, 0.2) is 0 Å². The summed E-state index contributed by atoms with van der Waals surface area (Å²) in [4.78, 5) is 81.1. The fourth-order valence-electron chi connectivity index (χ4n) is 13.2. The predicted octanol–water partition coefficient (Wildman–Crippen LogP) is 1.54. The molecule has 8 aliphatic rings. The molecule has 1 N–H and O–H groups in total. The van der Waals surface area contributed by atoms with Gasteiger partial charge in [0.25, 0.3) is 0 Å². The van der Waals surface area contributed by atoms with Crippen molar-refractivity contribution in [3.63, 3.8) is 0 Å². The van der Waals surface area contributed by atoms with E-state index in [-0.39, 0.29) is 18.4 Å². The maximum Gasteiger partial charge on any atom is 0.341 e.